The molecule has 0 aliphatic carbocycles. The molecule has 0 aromatic carbocycles. The van der Waals surface area contributed by atoms with E-state index < -0.39 is 36.9 Å². The number of carbonyl (C=O) groups is 1. The van der Waals surface area contributed by atoms with Crippen molar-refractivity contribution in [3.8, 4) is 0 Å². The van der Waals surface area contributed by atoms with Crippen LogP contribution >= 0.6 is 0 Å². The molecule has 0 fully saturated rings. The van der Waals surface area contributed by atoms with E-state index in [1.54, 1.807) is 0 Å². The van der Waals surface area contributed by atoms with Gasteiger partial charge in [0.2, 0.25) is 4.58 Å². The maximum atomic E-state index is 11.3. The molecule has 0 heterocycles. The van der Waals surface area contributed by atoms with Crippen LogP contribution < -0.4 is 0 Å². The third-order valence-corrected chi connectivity index (χ3v) is 5.37. The minimum absolute atomic E-state index is 0.0282. The Bertz CT molecular complexity index is 462. The quantitative estimate of drug-likeness (QED) is 0.395. The highest BCUT2D eigenvalue weighted by atomic mass is 32.3. The fraction of sp³-hybridized carbons (Fsp3) is 0.857. The molecular weight excluding hydrogens is 276 g/mol. The normalized spacial score (nSPS) is 16.2. The van der Waals surface area contributed by atoms with Gasteiger partial charge in [-0.05, 0) is 20.8 Å². The molecule has 0 rings (SSSR count). The Balaban J connectivity index is 4.85. The molecule has 0 amide bonds. The molecule has 0 aromatic rings. The van der Waals surface area contributed by atoms with Gasteiger partial charge in [0.15, 0.2) is 6.10 Å². The van der Waals surface area contributed by atoms with Gasteiger partial charge in [0.1, 0.15) is 0 Å². The summed E-state index contributed by atoms with van der Waals surface area (Å²) in [5, 5.41) is 0. The van der Waals surface area contributed by atoms with Gasteiger partial charge >= 0.3 is 5.97 Å². The highest BCUT2D eigenvalue weighted by Crippen LogP contribution is 2.12. The Morgan fingerprint density at radius 1 is 1.24 bits per heavy atom. The second kappa shape index (κ2) is 5.76. The van der Waals surface area contributed by atoms with E-state index in [-0.39, 0.29) is 6.61 Å². The van der Waals surface area contributed by atoms with Crippen LogP contribution in [-0.2, 0) is 34.0 Å². The van der Waals surface area contributed by atoms with Crippen molar-refractivity contribution in [2.45, 2.75) is 31.5 Å². The number of ether oxygens (including phenoxy) is 1. The Hall–Kier alpha value is -0.710. The lowest BCUT2D eigenvalue weighted by Gasteiger charge is -2.14. The second-order valence-corrected chi connectivity index (χ2v) is 6.99. The third-order valence-electron chi connectivity index (χ3n) is 1.72. The van der Waals surface area contributed by atoms with Crippen molar-refractivity contribution in [2.75, 3.05) is 6.61 Å². The lowest BCUT2D eigenvalue weighted by atomic mass is 10.4. The minimum atomic E-state index is -4.81. The third kappa shape index (κ3) is 4.98. The number of hydrogen-bond acceptors (Lipinski definition) is 7. The van der Waals surface area contributed by atoms with Crippen LogP contribution in [0.3, 0.4) is 0 Å². The molecule has 17 heavy (non-hydrogen) atoms. The monoisotopic (exact) mass is 290 g/mol. The number of hydrogen-bond donors (Lipinski definition) is 1. The molecule has 0 aliphatic heterocycles. The molecular formula is C7H14O8S2. The van der Waals surface area contributed by atoms with E-state index in [1.165, 1.54) is 6.92 Å². The Morgan fingerprint density at radius 2 is 1.71 bits per heavy atom. The van der Waals surface area contributed by atoms with Crippen LogP contribution in [0.5, 0.6) is 0 Å². The summed E-state index contributed by atoms with van der Waals surface area (Å²) in [5.74, 6) is -0.946. The maximum Gasteiger partial charge on any atom is 0.336 e. The van der Waals surface area contributed by atoms with Crippen LogP contribution in [0, 0.1) is 0 Å². The topological polar surface area (TPSA) is 124 Å². The first kappa shape index (κ1) is 16.3. The first-order chi connectivity index (χ1) is 7.52. The van der Waals surface area contributed by atoms with Crippen molar-refractivity contribution in [2.24, 2.45) is 0 Å². The van der Waals surface area contributed by atoms with Gasteiger partial charge in [-0.15, -0.1) is 0 Å². The minimum Gasteiger partial charge on any atom is -0.464 e. The predicted molar refractivity (Wildman–Crippen MR) is 57.1 cm³/mol. The summed E-state index contributed by atoms with van der Waals surface area (Å²) in [6.07, 6.45) is -1.48. The average Bonchev–Trinajstić information content (AvgIpc) is 2.14. The summed E-state index contributed by atoms with van der Waals surface area (Å²) < 4.78 is 59.1. The van der Waals surface area contributed by atoms with E-state index in [4.69, 9.17) is 4.55 Å². The average molecular weight is 290 g/mol. The van der Waals surface area contributed by atoms with Gasteiger partial charge in [-0.2, -0.15) is 16.8 Å². The van der Waals surface area contributed by atoms with E-state index in [2.05, 4.69) is 8.92 Å². The fourth-order valence-electron chi connectivity index (χ4n) is 0.727. The number of carbonyl (C=O) groups excluding carboxylic acids is 1. The number of esters is 1. The smallest absolute Gasteiger partial charge is 0.336 e. The van der Waals surface area contributed by atoms with Crippen molar-refractivity contribution >= 4 is 26.2 Å². The lowest BCUT2D eigenvalue weighted by Crippen LogP contribution is -2.34. The molecule has 1 N–H and O–H groups in total. The van der Waals surface area contributed by atoms with E-state index in [9.17, 15) is 21.6 Å². The van der Waals surface area contributed by atoms with Crippen molar-refractivity contribution in [3.63, 3.8) is 0 Å². The zero-order chi connectivity index (χ0) is 13.9. The molecule has 102 valence electrons. The van der Waals surface area contributed by atoms with Gasteiger partial charge in [0.25, 0.3) is 20.2 Å². The van der Waals surface area contributed by atoms with Crippen molar-refractivity contribution in [3.05, 3.63) is 0 Å². The van der Waals surface area contributed by atoms with Crippen LogP contribution in [0.1, 0.15) is 20.8 Å². The number of rotatable bonds is 6. The van der Waals surface area contributed by atoms with Gasteiger partial charge in [0, 0.05) is 0 Å². The fourth-order valence-corrected chi connectivity index (χ4v) is 2.69. The Morgan fingerprint density at radius 3 is 2.06 bits per heavy atom. The van der Waals surface area contributed by atoms with E-state index in [0.29, 0.717) is 0 Å². The van der Waals surface area contributed by atoms with Crippen LogP contribution in [0.4, 0.5) is 0 Å². The van der Waals surface area contributed by atoms with Crippen LogP contribution in [0.2, 0.25) is 0 Å². The molecule has 0 aliphatic rings. The molecule has 0 radical (unpaired) electrons. The van der Waals surface area contributed by atoms with Gasteiger partial charge in [-0.25, -0.2) is 4.79 Å². The SMILES string of the molecule is CCOC(=O)C(C)OS(=O)(=O)C(C)S(=O)(=O)O. The highest BCUT2D eigenvalue weighted by Gasteiger charge is 2.36. The molecule has 2 atom stereocenters. The molecule has 0 aromatic heterocycles. The molecule has 0 bridgehead atoms. The van der Waals surface area contributed by atoms with Gasteiger partial charge in [-0.1, -0.05) is 0 Å². The first-order valence-electron chi connectivity index (χ1n) is 4.57. The van der Waals surface area contributed by atoms with E-state index in [1.807, 2.05) is 0 Å². The summed E-state index contributed by atoms with van der Waals surface area (Å²) in [7, 11) is -9.43. The summed E-state index contributed by atoms with van der Waals surface area (Å²) in [6, 6.07) is 0. The van der Waals surface area contributed by atoms with Crippen LogP contribution in [-0.4, -0.2) is 44.7 Å². The largest absolute Gasteiger partial charge is 0.464 e. The zero-order valence-electron chi connectivity index (χ0n) is 9.48. The summed E-state index contributed by atoms with van der Waals surface area (Å²) >= 11 is 0. The maximum absolute atomic E-state index is 11.3. The van der Waals surface area contributed by atoms with Gasteiger partial charge in [-0.3, -0.25) is 8.74 Å². The molecule has 0 saturated carbocycles. The Kier molecular flexibility index (Phi) is 5.52. The molecule has 8 nitrogen and oxygen atoms in total. The molecule has 2 unspecified atom stereocenters. The molecule has 0 spiro atoms. The zero-order valence-corrected chi connectivity index (χ0v) is 11.1. The van der Waals surface area contributed by atoms with Crippen molar-refractivity contribution < 1.29 is 35.1 Å². The summed E-state index contributed by atoms with van der Waals surface area (Å²) in [5.41, 5.74) is 0. The predicted octanol–water partition coefficient (Wildman–Crippen LogP) is -0.482. The van der Waals surface area contributed by atoms with Crippen LogP contribution in [0.25, 0.3) is 0 Å². The molecule has 0 saturated heterocycles. The standard InChI is InChI=1S/C7H14O8S2/c1-4-14-7(8)5(2)15-17(12,13)6(3)16(9,10)11/h5-6H,4H2,1-3H3,(H,9,10,11). The van der Waals surface area contributed by atoms with E-state index >= 15 is 0 Å². The summed E-state index contributed by atoms with van der Waals surface area (Å²) in [4.78, 5) is 11.1. The van der Waals surface area contributed by atoms with Crippen molar-refractivity contribution in [1.82, 2.24) is 0 Å². The van der Waals surface area contributed by atoms with E-state index in [0.717, 1.165) is 13.8 Å². The van der Waals surface area contributed by atoms with Crippen molar-refractivity contribution in [1.29, 1.82) is 0 Å². The Labute approximate surface area is 99.8 Å². The molecule has 10 heteroatoms. The van der Waals surface area contributed by atoms with Crippen LogP contribution in [0.15, 0.2) is 0 Å². The second-order valence-electron chi connectivity index (χ2n) is 3.07. The first-order valence-corrected chi connectivity index (χ1v) is 7.55. The lowest BCUT2D eigenvalue weighted by molar-refractivity contribution is -0.150. The summed E-state index contributed by atoms with van der Waals surface area (Å²) in [6.45, 7) is 3.36. The van der Waals surface area contributed by atoms with Gasteiger partial charge in [0.05, 0.1) is 6.61 Å². The highest BCUT2D eigenvalue weighted by molar-refractivity contribution is 8.04. The van der Waals surface area contributed by atoms with Gasteiger partial charge < -0.3 is 4.74 Å².